The Kier molecular flexibility index (Phi) is 4.09. The van der Waals surface area contributed by atoms with E-state index in [1.165, 1.54) is 18.6 Å². The summed E-state index contributed by atoms with van der Waals surface area (Å²) in [6, 6.07) is 4.06. The Bertz CT molecular complexity index is 433. The third-order valence-electron chi connectivity index (χ3n) is 3.13. The molecule has 1 aliphatic rings. The molecule has 0 radical (unpaired) electrons. The Morgan fingerprint density at radius 3 is 3.06 bits per heavy atom. The van der Waals surface area contributed by atoms with Gasteiger partial charge >= 0.3 is 0 Å². The van der Waals surface area contributed by atoms with Crippen LogP contribution in [0.15, 0.2) is 18.2 Å². The summed E-state index contributed by atoms with van der Waals surface area (Å²) < 4.78 is 12.9. The summed E-state index contributed by atoms with van der Waals surface area (Å²) in [6.07, 6.45) is 3.24. The molecule has 2 N–H and O–H groups in total. The summed E-state index contributed by atoms with van der Waals surface area (Å²) in [5.74, 6) is -0.593. The molecule has 18 heavy (non-hydrogen) atoms. The maximum Gasteiger partial charge on any atom is 0.295 e. The molecule has 0 spiro atoms. The number of benzene rings is 1. The van der Waals surface area contributed by atoms with Gasteiger partial charge in [-0.1, -0.05) is 0 Å². The average molecular weight is 253 g/mol. The van der Waals surface area contributed by atoms with E-state index < -0.39 is 10.7 Å². The van der Waals surface area contributed by atoms with Crippen LogP contribution in [0.3, 0.4) is 0 Å². The first-order valence-electron chi connectivity index (χ1n) is 6.08. The van der Waals surface area contributed by atoms with Crippen LogP contribution < -0.4 is 10.6 Å². The number of nitro benzene ring substituents is 1. The second-order valence-corrected chi connectivity index (χ2v) is 4.43. The Labute approximate surface area is 105 Å². The SMILES string of the molecule is O=[N+]([O-])c1cc(F)ccc1NCCC1CCCN1. The van der Waals surface area contributed by atoms with Crippen molar-refractivity contribution < 1.29 is 9.31 Å². The first kappa shape index (κ1) is 12.8. The van der Waals surface area contributed by atoms with Gasteiger partial charge in [-0.25, -0.2) is 4.39 Å². The predicted octanol–water partition coefficient (Wildman–Crippen LogP) is 2.29. The zero-order chi connectivity index (χ0) is 13.0. The minimum absolute atomic E-state index is 0.214. The van der Waals surface area contributed by atoms with Gasteiger partial charge in [-0.05, 0) is 37.9 Å². The second-order valence-electron chi connectivity index (χ2n) is 4.43. The molecule has 1 saturated heterocycles. The van der Waals surface area contributed by atoms with Gasteiger partial charge in [0, 0.05) is 12.6 Å². The van der Waals surface area contributed by atoms with Crippen molar-refractivity contribution >= 4 is 11.4 Å². The largest absolute Gasteiger partial charge is 0.379 e. The van der Waals surface area contributed by atoms with Gasteiger partial charge in [0.05, 0.1) is 11.0 Å². The normalized spacial score (nSPS) is 18.8. The van der Waals surface area contributed by atoms with Gasteiger partial charge < -0.3 is 10.6 Å². The highest BCUT2D eigenvalue weighted by molar-refractivity contribution is 5.61. The third kappa shape index (κ3) is 3.16. The molecule has 2 rings (SSSR count). The Morgan fingerprint density at radius 1 is 1.56 bits per heavy atom. The Hall–Kier alpha value is -1.69. The van der Waals surface area contributed by atoms with Crippen molar-refractivity contribution in [3.63, 3.8) is 0 Å². The summed E-state index contributed by atoms with van der Waals surface area (Å²) in [5, 5.41) is 17.1. The minimum Gasteiger partial charge on any atom is -0.379 e. The smallest absolute Gasteiger partial charge is 0.295 e. The quantitative estimate of drug-likeness (QED) is 0.624. The standard InChI is InChI=1S/C12H16FN3O2/c13-9-3-4-11(12(8-9)16(17)18)15-7-5-10-2-1-6-14-10/h3-4,8,10,14-15H,1-2,5-7H2. The summed E-state index contributed by atoms with van der Waals surface area (Å²) in [7, 11) is 0. The average Bonchev–Trinajstić information content (AvgIpc) is 2.84. The molecule has 5 nitrogen and oxygen atoms in total. The van der Waals surface area contributed by atoms with Crippen molar-refractivity contribution in [3.05, 3.63) is 34.1 Å². The van der Waals surface area contributed by atoms with Crippen LogP contribution >= 0.6 is 0 Å². The Balaban J connectivity index is 1.93. The van der Waals surface area contributed by atoms with E-state index in [1.54, 1.807) is 0 Å². The number of anilines is 1. The maximum absolute atomic E-state index is 12.9. The molecular weight excluding hydrogens is 237 g/mol. The minimum atomic E-state index is -0.593. The number of nitro groups is 1. The van der Waals surface area contributed by atoms with Crippen LogP contribution in [0.25, 0.3) is 0 Å². The van der Waals surface area contributed by atoms with E-state index in [4.69, 9.17) is 0 Å². The summed E-state index contributed by atoms with van der Waals surface area (Å²) in [4.78, 5) is 10.2. The molecule has 1 fully saturated rings. The molecule has 0 amide bonds. The van der Waals surface area contributed by atoms with Crippen LogP contribution in [-0.4, -0.2) is 24.1 Å². The van der Waals surface area contributed by atoms with Crippen LogP contribution in [0, 0.1) is 15.9 Å². The molecular formula is C12H16FN3O2. The van der Waals surface area contributed by atoms with E-state index in [9.17, 15) is 14.5 Å². The van der Waals surface area contributed by atoms with Gasteiger partial charge in [0.25, 0.3) is 5.69 Å². The first-order valence-corrected chi connectivity index (χ1v) is 6.08. The van der Waals surface area contributed by atoms with Gasteiger partial charge in [-0.3, -0.25) is 10.1 Å². The van der Waals surface area contributed by atoms with E-state index >= 15 is 0 Å². The van der Waals surface area contributed by atoms with E-state index in [0.717, 1.165) is 25.5 Å². The fraction of sp³-hybridized carbons (Fsp3) is 0.500. The number of hydrogen-bond acceptors (Lipinski definition) is 4. The zero-order valence-electron chi connectivity index (χ0n) is 9.99. The fourth-order valence-corrected chi connectivity index (χ4v) is 2.19. The molecule has 98 valence electrons. The van der Waals surface area contributed by atoms with Gasteiger partial charge in [-0.15, -0.1) is 0 Å². The van der Waals surface area contributed by atoms with Crippen molar-refractivity contribution in [2.75, 3.05) is 18.4 Å². The molecule has 1 aromatic carbocycles. The highest BCUT2D eigenvalue weighted by Gasteiger charge is 2.16. The van der Waals surface area contributed by atoms with Crippen molar-refractivity contribution in [3.8, 4) is 0 Å². The number of halogens is 1. The summed E-state index contributed by atoms with van der Waals surface area (Å²) in [5.41, 5.74) is 0.161. The van der Waals surface area contributed by atoms with Crippen molar-refractivity contribution in [1.29, 1.82) is 0 Å². The fourth-order valence-electron chi connectivity index (χ4n) is 2.19. The van der Waals surface area contributed by atoms with Crippen molar-refractivity contribution in [1.82, 2.24) is 5.32 Å². The molecule has 1 aromatic rings. The van der Waals surface area contributed by atoms with Crippen LogP contribution in [0.2, 0.25) is 0 Å². The molecule has 0 aromatic heterocycles. The van der Waals surface area contributed by atoms with Crippen molar-refractivity contribution in [2.45, 2.75) is 25.3 Å². The lowest BCUT2D eigenvalue weighted by Gasteiger charge is -2.11. The van der Waals surface area contributed by atoms with Gasteiger partial charge in [-0.2, -0.15) is 0 Å². The molecule has 1 unspecified atom stereocenters. The molecule has 0 bridgehead atoms. The lowest BCUT2D eigenvalue weighted by molar-refractivity contribution is -0.384. The summed E-state index contributed by atoms with van der Waals surface area (Å²) in [6.45, 7) is 1.69. The number of nitrogens with one attached hydrogen (secondary N) is 2. The lowest BCUT2D eigenvalue weighted by Crippen LogP contribution is -2.24. The second kappa shape index (κ2) is 5.77. The molecule has 1 aliphatic heterocycles. The Morgan fingerprint density at radius 2 is 2.39 bits per heavy atom. The molecule has 1 atom stereocenters. The van der Waals surface area contributed by atoms with Crippen molar-refractivity contribution in [2.24, 2.45) is 0 Å². The highest BCUT2D eigenvalue weighted by Crippen LogP contribution is 2.25. The van der Waals surface area contributed by atoms with Crippen LogP contribution in [0.4, 0.5) is 15.8 Å². The van der Waals surface area contributed by atoms with Crippen LogP contribution in [0.1, 0.15) is 19.3 Å². The molecule has 6 heteroatoms. The number of hydrogen-bond donors (Lipinski definition) is 2. The highest BCUT2D eigenvalue weighted by atomic mass is 19.1. The van der Waals surface area contributed by atoms with Crippen LogP contribution in [-0.2, 0) is 0 Å². The van der Waals surface area contributed by atoms with E-state index in [1.807, 2.05) is 0 Å². The zero-order valence-corrected chi connectivity index (χ0v) is 9.99. The van der Waals surface area contributed by atoms with E-state index in [2.05, 4.69) is 10.6 Å². The monoisotopic (exact) mass is 253 g/mol. The third-order valence-corrected chi connectivity index (χ3v) is 3.13. The van der Waals surface area contributed by atoms with Crippen LogP contribution in [0.5, 0.6) is 0 Å². The van der Waals surface area contributed by atoms with Gasteiger partial charge in [0.1, 0.15) is 11.5 Å². The maximum atomic E-state index is 12.9. The van der Waals surface area contributed by atoms with E-state index in [0.29, 0.717) is 18.3 Å². The lowest BCUT2D eigenvalue weighted by atomic mass is 10.1. The first-order chi connectivity index (χ1) is 8.66. The molecule has 0 aliphatic carbocycles. The predicted molar refractivity (Wildman–Crippen MR) is 67.2 cm³/mol. The topological polar surface area (TPSA) is 67.2 Å². The van der Waals surface area contributed by atoms with E-state index in [-0.39, 0.29) is 5.69 Å². The molecule has 0 saturated carbocycles. The molecule has 1 heterocycles. The van der Waals surface area contributed by atoms with Gasteiger partial charge in [0.2, 0.25) is 0 Å². The number of rotatable bonds is 5. The summed E-state index contributed by atoms with van der Waals surface area (Å²) >= 11 is 0. The van der Waals surface area contributed by atoms with Gasteiger partial charge in [0.15, 0.2) is 0 Å². The number of nitrogens with zero attached hydrogens (tertiary/aromatic N) is 1.